The van der Waals surface area contributed by atoms with Gasteiger partial charge in [0.15, 0.2) is 0 Å². The lowest BCUT2D eigenvalue weighted by Gasteiger charge is -2.37. The van der Waals surface area contributed by atoms with E-state index in [0.717, 1.165) is 15.6 Å². The van der Waals surface area contributed by atoms with E-state index in [-0.39, 0.29) is 12.3 Å². The molecule has 0 bridgehead atoms. The maximum atomic E-state index is 14.1. The summed E-state index contributed by atoms with van der Waals surface area (Å²) in [6.07, 6.45) is -1.46. The highest BCUT2D eigenvalue weighted by molar-refractivity contribution is 9.10. The number of aryl methyl sites for hydroxylation is 1. The minimum Gasteiger partial charge on any atom is -0.359 e. The number of carbonyl (C=O) groups is 1. The molecule has 5 nitrogen and oxygen atoms in total. The summed E-state index contributed by atoms with van der Waals surface area (Å²) >= 11 is 3.40. The fourth-order valence-electron chi connectivity index (χ4n) is 4.22. The molecule has 0 spiro atoms. The predicted molar refractivity (Wildman–Crippen MR) is 130 cm³/mol. The highest BCUT2D eigenvalue weighted by atomic mass is 79.9. The first-order valence-electron chi connectivity index (χ1n) is 10.7. The van der Waals surface area contributed by atoms with Gasteiger partial charge in [0.05, 0.1) is 30.0 Å². The van der Waals surface area contributed by atoms with Crippen LogP contribution in [0.15, 0.2) is 53.0 Å². The van der Waals surface area contributed by atoms with Crippen LogP contribution in [0.4, 0.5) is 24.5 Å². The van der Waals surface area contributed by atoms with Crippen molar-refractivity contribution in [2.24, 2.45) is 0 Å². The van der Waals surface area contributed by atoms with Gasteiger partial charge in [0.1, 0.15) is 6.04 Å². The monoisotopic (exact) mass is 532 g/mol. The normalized spacial score (nSPS) is 15.4. The average Bonchev–Trinajstić information content (AvgIpc) is 3.05. The molecule has 0 saturated heterocycles. The number of nitrogens with zero attached hydrogens (tertiary/aromatic N) is 3. The standard InChI is InChI=1S/C25H24BrF3N4O/c1-15-24(33-21-10-9-20(26)13-19(21)8-11-22(33)25(27,28)29)16(2)32(31-15)14-18-6-4-17(5-7-18)12-23(34)30-3/h4-11,13,22H,12,14H2,1-3H3,(H,30,34). The van der Waals surface area contributed by atoms with E-state index in [9.17, 15) is 18.0 Å². The van der Waals surface area contributed by atoms with Crippen molar-refractivity contribution < 1.29 is 18.0 Å². The Morgan fingerprint density at radius 1 is 1.12 bits per heavy atom. The molecule has 1 N–H and O–H groups in total. The molecule has 0 saturated carbocycles. The number of likely N-dealkylation sites (N-methyl/N-ethyl adjacent to an activating group) is 1. The van der Waals surface area contributed by atoms with Crippen LogP contribution in [0.2, 0.25) is 0 Å². The van der Waals surface area contributed by atoms with Crippen molar-refractivity contribution in [2.75, 3.05) is 11.9 Å². The molecule has 1 aromatic heterocycles. The SMILES string of the molecule is CNC(=O)Cc1ccc(Cn2nc(C)c(N3c4ccc(Br)cc4C=CC3C(F)(F)F)c2C)cc1. The van der Waals surface area contributed by atoms with Gasteiger partial charge in [0.2, 0.25) is 5.91 Å². The molecular formula is C25H24BrF3N4O. The van der Waals surface area contributed by atoms with Gasteiger partial charge in [-0.05, 0) is 48.7 Å². The van der Waals surface area contributed by atoms with Gasteiger partial charge in [-0.3, -0.25) is 9.48 Å². The van der Waals surface area contributed by atoms with Crippen LogP contribution >= 0.6 is 15.9 Å². The Hall–Kier alpha value is -3.07. The lowest BCUT2D eigenvalue weighted by atomic mass is 10.0. The molecule has 0 fully saturated rings. The van der Waals surface area contributed by atoms with Gasteiger partial charge in [-0.25, -0.2) is 0 Å². The number of nitrogens with one attached hydrogen (secondary N) is 1. The quantitative estimate of drug-likeness (QED) is 0.458. The molecule has 1 aliphatic heterocycles. The molecule has 34 heavy (non-hydrogen) atoms. The first-order valence-corrected chi connectivity index (χ1v) is 11.5. The summed E-state index contributed by atoms with van der Waals surface area (Å²) in [5, 5.41) is 7.18. The Balaban J connectivity index is 1.70. The lowest BCUT2D eigenvalue weighted by Crippen LogP contribution is -2.43. The van der Waals surface area contributed by atoms with Gasteiger partial charge in [-0.1, -0.05) is 52.3 Å². The molecule has 9 heteroatoms. The first-order chi connectivity index (χ1) is 16.1. The van der Waals surface area contributed by atoms with Crippen molar-refractivity contribution >= 4 is 39.3 Å². The van der Waals surface area contributed by atoms with Gasteiger partial charge in [0, 0.05) is 17.2 Å². The number of aromatic nitrogens is 2. The number of hydrogen-bond donors (Lipinski definition) is 1. The van der Waals surface area contributed by atoms with Gasteiger partial charge >= 0.3 is 6.18 Å². The van der Waals surface area contributed by atoms with Crippen molar-refractivity contribution in [3.05, 3.63) is 81.1 Å². The highest BCUT2D eigenvalue weighted by Gasteiger charge is 2.45. The third-order valence-electron chi connectivity index (χ3n) is 5.90. The summed E-state index contributed by atoms with van der Waals surface area (Å²) in [7, 11) is 1.59. The minimum absolute atomic E-state index is 0.0713. The second-order valence-electron chi connectivity index (χ2n) is 8.26. The maximum Gasteiger partial charge on any atom is 0.412 e. The summed E-state index contributed by atoms with van der Waals surface area (Å²) in [5.41, 5.74) is 4.62. The molecule has 1 atom stereocenters. The number of hydrogen-bond acceptors (Lipinski definition) is 3. The van der Waals surface area contributed by atoms with Gasteiger partial charge in [-0.15, -0.1) is 0 Å². The molecule has 0 radical (unpaired) electrons. The molecule has 3 aromatic rings. The van der Waals surface area contributed by atoms with Crippen molar-refractivity contribution in [3.8, 4) is 0 Å². The maximum absolute atomic E-state index is 14.1. The lowest BCUT2D eigenvalue weighted by molar-refractivity contribution is -0.136. The molecule has 4 rings (SSSR count). The predicted octanol–water partition coefficient (Wildman–Crippen LogP) is 5.70. The third kappa shape index (κ3) is 4.75. The molecule has 1 aliphatic rings. The van der Waals surface area contributed by atoms with Crippen molar-refractivity contribution in [3.63, 3.8) is 0 Å². The summed E-state index contributed by atoms with van der Waals surface area (Å²) in [6.45, 7) is 3.93. The molecule has 178 valence electrons. The van der Waals surface area contributed by atoms with E-state index >= 15 is 0 Å². The third-order valence-corrected chi connectivity index (χ3v) is 6.40. The van der Waals surface area contributed by atoms with E-state index in [2.05, 4.69) is 26.3 Å². The Kier molecular flexibility index (Phi) is 6.58. The van der Waals surface area contributed by atoms with Crippen LogP contribution < -0.4 is 10.2 Å². The second-order valence-corrected chi connectivity index (χ2v) is 9.18. The van der Waals surface area contributed by atoms with E-state index in [0.29, 0.717) is 34.9 Å². The van der Waals surface area contributed by atoms with Crippen LogP contribution in [0.5, 0.6) is 0 Å². The zero-order chi connectivity index (χ0) is 24.6. The fourth-order valence-corrected chi connectivity index (χ4v) is 4.60. The van der Waals surface area contributed by atoms with E-state index < -0.39 is 12.2 Å². The number of benzene rings is 2. The zero-order valence-electron chi connectivity index (χ0n) is 18.9. The zero-order valence-corrected chi connectivity index (χ0v) is 20.5. The smallest absolute Gasteiger partial charge is 0.359 e. The van der Waals surface area contributed by atoms with Crippen LogP contribution in [0.3, 0.4) is 0 Å². The van der Waals surface area contributed by atoms with Crippen LogP contribution in [-0.2, 0) is 17.8 Å². The van der Waals surface area contributed by atoms with Crippen LogP contribution in [0.1, 0.15) is 28.1 Å². The van der Waals surface area contributed by atoms with Crippen LogP contribution in [-0.4, -0.2) is 35.0 Å². The fraction of sp³-hybridized carbons (Fsp3) is 0.280. The highest BCUT2D eigenvalue weighted by Crippen LogP contribution is 2.44. The molecule has 2 heterocycles. The average molecular weight is 533 g/mol. The first kappa shape index (κ1) is 24.1. The van der Waals surface area contributed by atoms with E-state index in [1.807, 2.05) is 24.3 Å². The second kappa shape index (κ2) is 9.29. The Bertz CT molecular complexity index is 1250. The molecule has 2 aromatic carbocycles. The summed E-state index contributed by atoms with van der Waals surface area (Å²) in [6, 6.07) is 11.0. The number of alkyl halides is 3. The number of halogens is 4. The number of rotatable bonds is 5. The summed E-state index contributed by atoms with van der Waals surface area (Å²) < 4.78 is 44.7. The Morgan fingerprint density at radius 3 is 2.44 bits per heavy atom. The van der Waals surface area contributed by atoms with Crippen LogP contribution in [0.25, 0.3) is 6.08 Å². The Labute approximate surface area is 204 Å². The van der Waals surface area contributed by atoms with E-state index in [4.69, 9.17) is 0 Å². The number of anilines is 2. The molecule has 1 amide bonds. The van der Waals surface area contributed by atoms with Crippen LogP contribution in [0, 0.1) is 13.8 Å². The van der Waals surface area contributed by atoms with Gasteiger partial charge < -0.3 is 10.2 Å². The number of fused-ring (bicyclic) bond motifs is 1. The number of carbonyl (C=O) groups excluding carboxylic acids is 1. The topological polar surface area (TPSA) is 50.2 Å². The minimum atomic E-state index is -4.46. The summed E-state index contributed by atoms with van der Waals surface area (Å²) in [4.78, 5) is 12.9. The Morgan fingerprint density at radius 2 is 1.79 bits per heavy atom. The molecule has 1 unspecified atom stereocenters. The number of amides is 1. The molecular weight excluding hydrogens is 509 g/mol. The van der Waals surface area contributed by atoms with Crippen molar-refractivity contribution in [1.82, 2.24) is 15.1 Å². The van der Waals surface area contributed by atoms with E-state index in [1.165, 1.54) is 17.1 Å². The van der Waals surface area contributed by atoms with Gasteiger partial charge in [0.25, 0.3) is 0 Å². The molecule has 0 aliphatic carbocycles. The largest absolute Gasteiger partial charge is 0.412 e. The van der Waals surface area contributed by atoms with Crippen molar-refractivity contribution in [2.45, 2.75) is 39.0 Å². The summed E-state index contributed by atoms with van der Waals surface area (Å²) in [5.74, 6) is -0.0713. The van der Waals surface area contributed by atoms with Gasteiger partial charge in [-0.2, -0.15) is 18.3 Å². The van der Waals surface area contributed by atoms with E-state index in [1.54, 1.807) is 43.8 Å². The van der Waals surface area contributed by atoms with Crippen molar-refractivity contribution in [1.29, 1.82) is 0 Å².